The van der Waals surface area contributed by atoms with Crippen LogP contribution in [0.3, 0.4) is 0 Å². The highest BCUT2D eigenvalue weighted by molar-refractivity contribution is 6.01. The number of halogens is 1. The lowest BCUT2D eigenvalue weighted by molar-refractivity contribution is -0.219. The van der Waals surface area contributed by atoms with Crippen LogP contribution in [0, 0.1) is 28.6 Å². The first-order valence-corrected chi connectivity index (χ1v) is 14.7. The molecule has 0 unspecified atom stereocenters. The van der Waals surface area contributed by atoms with Crippen LogP contribution in [-0.4, -0.2) is 57.7 Å². The van der Waals surface area contributed by atoms with Gasteiger partial charge in [0, 0.05) is 28.7 Å². The van der Waals surface area contributed by atoms with Gasteiger partial charge in [-0.05, 0) is 62.2 Å². The van der Waals surface area contributed by atoms with E-state index >= 15 is 4.39 Å². The Morgan fingerprint density at radius 1 is 1.10 bits per heavy atom. The number of benzene rings is 1. The number of ketones is 3. The summed E-state index contributed by atoms with van der Waals surface area (Å²) in [6.45, 7) is 6.08. The molecule has 9 heteroatoms. The monoisotopic (exact) mass is 582 g/mol. The molecule has 3 saturated carbocycles. The number of fused-ring (bicyclic) bond motifs is 5. The van der Waals surface area contributed by atoms with Crippen molar-refractivity contribution >= 4 is 23.5 Å². The Labute approximate surface area is 245 Å². The van der Waals surface area contributed by atoms with Crippen LogP contribution >= 0.6 is 0 Å². The number of carbonyl (C=O) groups is 4. The van der Waals surface area contributed by atoms with Crippen molar-refractivity contribution in [1.29, 1.82) is 0 Å². The van der Waals surface area contributed by atoms with Gasteiger partial charge in [0.25, 0.3) is 0 Å². The molecule has 1 aromatic rings. The van der Waals surface area contributed by atoms with Gasteiger partial charge < -0.3 is 19.7 Å². The number of hydrogen-bond acceptors (Lipinski definition) is 8. The number of Topliss-reactive ketones (excluding diaryl/α,β-unsaturated/α-hetero) is 2. The van der Waals surface area contributed by atoms with Crippen LogP contribution in [0.15, 0.2) is 48.1 Å². The van der Waals surface area contributed by atoms with E-state index in [1.54, 1.807) is 58.0 Å². The molecule has 4 aliphatic rings. The Bertz CT molecular complexity index is 1370. The zero-order chi connectivity index (χ0) is 30.7. The molecule has 0 aromatic heterocycles. The van der Waals surface area contributed by atoms with E-state index < -0.39 is 64.5 Å². The normalized spacial score (nSPS) is 38.5. The Kier molecular flexibility index (Phi) is 7.59. The first kappa shape index (κ1) is 30.3. The van der Waals surface area contributed by atoms with E-state index in [2.05, 4.69) is 0 Å². The van der Waals surface area contributed by atoms with E-state index in [0.29, 0.717) is 42.4 Å². The van der Waals surface area contributed by atoms with Crippen molar-refractivity contribution in [3.63, 3.8) is 0 Å². The first-order chi connectivity index (χ1) is 19.7. The molecule has 42 heavy (non-hydrogen) atoms. The van der Waals surface area contributed by atoms with Crippen LogP contribution in [0.5, 0.6) is 0 Å². The van der Waals surface area contributed by atoms with Crippen LogP contribution in [0.25, 0.3) is 0 Å². The molecule has 0 aliphatic heterocycles. The van der Waals surface area contributed by atoms with E-state index in [0.717, 1.165) is 0 Å². The van der Waals surface area contributed by atoms with E-state index in [9.17, 15) is 29.4 Å². The summed E-state index contributed by atoms with van der Waals surface area (Å²) in [5, 5.41) is 23.4. The molecule has 1 aromatic carbocycles. The Hall–Kier alpha value is -3.17. The van der Waals surface area contributed by atoms with Gasteiger partial charge in [0.05, 0.1) is 6.10 Å². The molecule has 3 fully saturated rings. The SMILES string of the molecule is CCC(=O)c1ccc(COC(=O)OCC(=O)[C@@]2(O)[C@H](C)C[C@H]3[C@@H]4CCC5=CC(=O)C=C[C@]5(C)[C@@]4(F)[C@@H](O)C[C@@]32C)cc1. The maximum Gasteiger partial charge on any atom is 0.509 e. The second-order valence-corrected chi connectivity index (χ2v) is 12.9. The molecule has 8 nitrogen and oxygen atoms in total. The van der Waals surface area contributed by atoms with Crippen LogP contribution < -0.4 is 0 Å². The topological polar surface area (TPSA) is 127 Å². The van der Waals surface area contributed by atoms with Gasteiger partial charge in [-0.15, -0.1) is 0 Å². The average Bonchev–Trinajstić information content (AvgIpc) is 3.17. The number of alkyl halides is 1. The number of ether oxygens (including phenoxy) is 2. The molecular weight excluding hydrogens is 543 g/mol. The van der Waals surface area contributed by atoms with Crippen molar-refractivity contribution in [2.45, 2.75) is 83.8 Å². The predicted molar refractivity (Wildman–Crippen MR) is 150 cm³/mol. The zero-order valence-corrected chi connectivity index (χ0v) is 24.5. The van der Waals surface area contributed by atoms with Crippen molar-refractivity contribution in [3.05, 3.63) is 59.2 Å². The fraction of sp³-hybridized carbons (Fsp3) is 0.576. The third kappa shape index (κ3) is 4.30. The summed E-state index contributed by atoms with van der Waals surface area (Å²) in [4.78, 5) is 49.7. The fourth-order valence-corrected chi connectivity index (χ4v) is 8.55. The van der Waals surface area contributed by atoms with E-state index in [-0.39, 0.29) is 24.6 Å². The molecule has 0 saturated heterocycles. The highest BCUT2D eigenvalue weighted by atomic mass is 19.1. The molecular formula is C33H39FO8. The summed E-state index contributed by atoms with van der Waals surface area (Å²) in [5.74, 6) is -2.57. The predicted octanol–water partition coefficient (Wildman–Crippen LogP) is 4.85. The summed E-state index contributed by atoms with van der Waals surface area (Å²) in [6, 6.07) is 6.62. The highest BCUT2D eigenvalue weighted by Crippen LogP contribution is 2.70. The molecule has 0 spiro atoms. The number of allylic oxidation sites excluding steroid dienone is 4. The van der Waals surface area contributed by atoms with Crippen molar-refractivity contribution in [2.75, 3.05) is 6.61 Å². The molecule has 0 bridgehead atoms. The second kappa shape index (κ2) is 10.5. The zero-order valence-electron chi connectivity index (χ0n) is 24.5. The van der Waals surface area contributed by atoms with Crippen molar-refractivity contribution < 1.29 is 43.3 Å². The molecule has 2 N–H and O–H groups in total. The number of aliphatic hydroxyl groups is 2. The lowest BCUT2D eigenvalue weighted by Gasteiger charge is -2.62. The summed E-state index contributed by atoms with van der Waals surface area (Å²) in [7, 11) is 0. The van der Waals surface area contributed by atoms with E-state index in [1.807, 2.05) is 0 Å². The number of aliphatic hydroxyl groups excluding tert-OH is 1. The number of rotatable bonds is 7. The lowest BCUT2D eigenvalue weighted by atomic mass is 9.44. The molecule has 8 atom stereocenters. The summed E-state index contributed by atoms with van der Waals surface area (Å²) < 4.78 is 27.5. The maximum atomic E-state index is 17.3. The summed E-state index contributed by atoms with van der Waals surface area (Å²) >= 11 is 0. The van der Waals surface area contributed by atoms with Crippen LogP contribution in [0.1, 0.15) is 75.7 Å². The van der Waals surface area contributed by atoms with Gasteiger partial charge in [0.2, 0.25) is 5.78 Å². The minimum absolute atomic E-state index is 0.000300. The van der Waals surface area contributed by atoms with Crippen LogP contribution in [-0.2, 0) is 25.7 Å². The molecule has 0 radical (unpaired) electrons. The van der Waals surface area contributed by atoms with E-state index in [4.69, 9.17) is 9.47 Å². The van der Waals surface area contributed by atoms with Gasteiger partial charge in [-0.2, -0.15) is 0 Å². The smallest absolute Gasteiger partial charge is 0.429 e. The third-order valence-electron chi connectivity index (χ3n) is 10.9. The standard InChI is InChI=1S/C33H39FO8/c1-5-26(36)21-8-6-20(7-9-21)17-41-29(39)42-18-28(38)33(40)19(2)14-25-24-11-10-22-15-23(35)12-13-30(22,3)32(24,34)27(37)16-31(25,33)4/h6-9,12-13,15,19,24-25,27,37,40H,5,10-11,14,16-18H2,1-4H3/t19-,24+,25+,27+,30+,31+,32+,33+/m1/s1. The Morgan fingerprint density at radius 3 is 2.45 bits per heavy atom. The molecule has 5 rings (SSSR count). The Morgan fingerprint density at radius 2 is 1.79 bits per heavy atom. The maximum absolute atomic E-state index is 17.3. The molecule has 0 amide bonds. The van der Waals surface area contributed by atoms with Crippen LogP contribution in [0.2, 0.25) is 0 Å². The van der Waals surface area contributed by atoms with Gasteiger partial charge in [0.1, 0.15) is 12.2 Å². The average molecular weight is 583 g/mol. The number of hydrogen-bond donors (Lipinski definition) is 2. The molecule has 4 aliphatic carbocycles. The van der Waals surface area contributed by atoms with Crippen molar-refractivity contribution in [2.24, 2.45) is 28.6 Å². The summed E-state index contributed by atoms with van der Waals surface area (Å²) in [5.41, 5.74) is -4.52. The minimum Gasteiger partial charge on any atom is -0.429 e. The van der Waals surface area contributed by atoms with Gasteiger partial charge >= 0.3 is 6.16 Å². The third-order valence-corrected chi connectivity index (χ3v) is 10.9. The largest absolute Gasteiger partial charge is 0.509 e. The fourth-order valence-electron chi connectivity index (χ4n) is 8.55. The van der Waals surface area contributed by atoms with Gasteiger partial charge in [0.15, 0.2) is 23.8 Å². The highest BCUT2D eigenvalue weighted by Gasteiger charge is 2.75. The quantitative estimate of drug-likeness (QED) is 0.345. The Balaban J connectivity index is 1.28. The minimum atomic E-state index is -2.07. The van der Waals surface area contributed by atoms with Crippen molar-refractivity contribution in [3.8, 4) is 0 Å². The molecule has 0 heterocycles. The van der Waals surface area contributed by atoms with Gasteiger partial charge in [-0.3, -0.25) is 14.4 Å². The van der Waals surface area contributed by atoms with Crippen molar-refractivity contribution in [1.82, 2.24) is 0 Å². The van der Waals surface area contributed by atoms with E-state index in [1.165, 1.54) is 12.2 Å². The number of carbonyl (C=O) groups excluding carboxylic acids is 4. The van der Waals surface area contributed by atoms with Gasteiger partial charge in [-0.25, -0.2) is 9.18 Å². The second-order valence-electron chi connectivity index (χ2n) is 12.9. The summed E-state index contributed by atoms with van der Waals surface area (Å²) in [6.07, 6.45) is 3.24. The van der Waals surface area contributed by atoms with Gasteiger partial charge in [-0.1, -0.05) is 56.7 Å². The molecule has 226 valence electrons. The van der Waals surface area contributed by atoms with Crippen LogP contribution in [0.4, 0.5) is 9.18 Å². The first-order valence-electron chi connectivity index (χ1n) is 14.7. The lowest BCUT2D eigenvalue weighted by Crippen LogP contribution is -2.69.